The van der Waals surface area contributed by atoms with Crippen LogP contribution < -0.4 is 5.32 Å². The van der Waals surface area contributed by atoms with Crippen molar-refractivity contribution >= 4 is 45.7 Å². The molecular formula is C21H21N5OS2. The van der Waals surface area contributed by atoms with E-state index in [0.29, 0.717) is 11.3 Å². The summed E-state index contributed by atoms with van der Waals surface area (Å²) in [6.07, 6.45) is 3.45. The predicted molar refractivity (Wildman–Crippen MR) is 119 cm³/mol. The second kappa shape index (κ2) is 8.34. The maximum atomic E-state index is 12.9. The van der Waals surface area contributed by atoms with Gasteiger partial charge in [0.25, 0.3) is 5.91 Å². The predicted octanol–water partition coefficient (Wildman–Crippen LogP) is 5.32. The summed E-state index contributed by atoms with van der Waals surface area (Å²) in [5.74, 6) is 0.580. The Labute approximate surface area is 177 Å². The Hall–Kier alpha value is -2.71. The lowest BCUT2D eigenvalue weighted by Gasteiger charge is -2.10. The lowest BCUT2D eigenvalue weighted by Crippen LogP contribution is -2.13. The Morgan fingerprint density at radius 1 is 1.28 bits per heavy atom. The molecular weight excluding hydrogens is 402 g/mol. The van der Waals surface area contributed by atoms with Crippen molar-refractivity contribution < 1.29 is 4.79 Å². The fraction of sp³-hybridized carbons (Fsp3) is 0.238. The Morgan fingerprint density at radius 3 is 2.86 bits per heavy atom. The summed E-state index contributed by atoms with van der Waals surface area (Å²) in [5.41, 5.74) is 3.14. The van der Waals surface area contributed by atoms with Crippen LogP contribution in [0.1, 0.15) is 40.9 Å². The largest absolute Gasteiger partial charge is 0.321 e. The summed E-state index contributed by atoms with van der Waals surface area (Å²) in [7, 11) is 0. The number of aromatic nitrogens is 4. The van der Waals surface area contributed by atoms with Gasteiger partial charge in [0.1, 0.15) is 0 Å². The highest BCUT2D eigenvalue weighted by Crippen LogP contribution is 2.28. The molecule has 4 aromatic rings. The fourth-order valence-electron chi connectivity index (χ4n) is 2.99. The van der Waals surface area contributed by atoms with Gasteiger partial charge in [-0.1, -0.05) is 12.1 Å². The van der Waals surface area contributed by atoms with Gasteiger partial charge in [0, 0.05) is 27.5 Å². The third-order valence-electron chi connectivity index (χ3n) is 4.35. The quantitative estimate of drug-likeness (QED) is 0.425. The van der Waals surface area contributed by atoms with Gasteiger partial charge in [-0.3, -0.25) is 4.79 Å². The van der Waals surface area contributed by atoms with Crippen LogP contribution in [-0.2, 0) is 5.75 Å². The molecule has 0 aliphatic rings. The summed E-state index contributed by atoms with van der Waals surface area (Å²) in [4.78, 5) is 22.8. The lowest BCUT2D eigenvalue weighted by molar-refractivity contribution is 0.102. The zero-order chi connectivity index (χ0) is 20.4. The number of aryl methyl sites for hydroxylation is 1. The van der Waals surface area contributed by atoms with E-state index in [2.05, 4.69) is 39.6 Å². The number of hydrogen-bond donors (Lipinski definition) is 1. The Balaban J connectivity index is 1.52. The molecule has 0 unspecified atom stereocenters. The molecule has 148 valence electrons. The first-order chi connectivity index (χ1) is 14.0. The Kier molecular flexibility index (Phi) is 5.64. The van der Waals surface area contributed by atoms with Crippen molar-refractivity contribution in [3.05, 3.63) is 64.4 Å². The number of carbonyl (C=O) groups excluding carboxylic acids is 1. The molecule has 0 saturated carbocycles. The van der Waals surface area contributed by atoms with Gasteiger partial charge in [-0.2, -0.15) is 5.10 Å². The van der Waals surface area contributed by atoms with Crippen molar-refractivity contribution in [2.45, 2.75) is 37.5 Å². The summed E-state index contributed by atoms with van der Waals surface area (Å²) in [6.45, 7) is 6.12. The number of thiazole rings is 1. The number of nitrogens with zero attached hydrogens (tertiary/aromatic N) is 4. The summed E-state index contributed by atoms with van der Waals surface area (Å²) < 4.78 is 1.87. The van der Waals surface area contributed by atoms with Crippen LogP contribution in [0.4, 0.5) is 5.69 Å². The van der Waals surface area contributed by atoms with Crippen LogP contribution in [0.25, 0.3) is 11.0 Å². The summed E-state index contributed by atoms with van der Waals surface area (Å²) in [5, 5.41) is 11.4. The number of amides is 1. The first kappa shape index (κ1) is 19.6. The molecule has 1 amide bonds. The fourth-order valence-corrected chi connectivity index (χ4v) is 4.65. The highest BCUT2D eigenvalue weighted by Gasteiger charge is 2.14. The van der Waals surface area contributed by atoms with E-state index in [4.69, 9.17) is 0 Å². The van der Waals surface area contributed by atoms with E-state index in [-0.39, 0.29) is 11.9 Å². The van der Waals surface area contributed by atoms with Crippen molar-refractivity contribution in [3.8, 4) is 0 Å². The number of benzene rings is 1. The van der Waals surface area contributed by atoms with Gasteiger partial charge in [-0.05, 0) is 39.0 Å². The summed E-state index contributed by atoms with van der Waals surface area (Å²) >= 11 is 3.25. The third kappa shape index (κ3) is 4.33. The lowest BCUT2D eigenvalue weighted by atomic mass is 10.2. The zero-order valence-corrected chi connectivity index (χ0v) is 18.0. The van der Waals surface area contributed by atoms with Gasteiger partial charge >= 0.3 is 0 Å². The number of thioether (sulfide) groups is 1. The van der Waals surface area contributed by atoms with Crippen LogP contribution in [0.5, 0.6) is 0 Å². The Bertz CT molecular complexity index is 1160. The maximum absolute atomic E-state index is 12.9. The maximum Gasteiger partial charge on any atom is 0.256 e. The van der Waals surface area contributed by atoms with Crippen LogP contribution in [0.15, 0.2) is 53.0 Å². The van der Waals surface area contributed by atoms with Crippen LogP contribution >= 0.6 is 23.1 Å². The smallest absolute Gasteiger partial charge is 0.256 e. The SMILES string of the molecule is Cc1nc(CSc2ccccc2C(=O)Nc2cnc3c(cnn3C(C)C)c2)cs1. The zero-order valence-electron chi connectivity index (χ0n) is 16.4. The molecule has 1 aromatic carbocycles. The molecule has 3 aromatic heterocycles. The second-order valence-corrected chi connectivity index (χ2v) is 9.00. The number of nitrogens with one attached hydrogen (secondary N) is 1. The monoisotopic (exact) mass is 423 g/mol. The summed E-state index contributed by atoms with van der Waals surface area (Å²) in [6, 6.07) is 9.75. The van der Waals surface area contributed by atoms with Crippen LogP contribution in [0.3, 0.4) is 0 Å². The highest BCUT2D eigenvalue weighted by molar-refractivity contribution is 7.98. The van der Waals surface area contributed by atoms with Crippen LogP contribution in [-0.4, -0.2) is 25.7 Å². The van der Waals surface area contributed by atoms with Crippen molar-refractivity contribution in [2.24, 2.45) is 0 Å². The average Bonchev–Trinajstić information content (AvgIpc) is 3.32. The van der Waals surface area contributed by atoms with Crippen molar-refractivity contribution in [1.29, 1.82) is 0 Å². The van der Waals surface area contributed by atoms with Crippen LogP contribution in [0, 0.1) is 6.92 Å². The molecule has 0 bridgehead atoms. The molecule has 0 saturated heterocycles. The molecule has 6 nitrogen and oxygen atoms in total. The molecule has 0 fully saturated rings. The number of carbonyl (C=O) groups is 1. The Morgan fingerprint density at radius 2 is 2.10 bits per heavy atom. The van der Waals surface area contributed by atoms with Gasteiger partial charge in [-0.15, -0.1) is 23.1 Å². The highest BCUT2D eigenvalue weighted by atomic mass is 32.2. The van der Waals surface area contributed by atoms with Gasteiger partial charge in [0.15, 0.2) is 5.65 Å². The first-order valence-corrected chi connectivity index (χ1v) is 11.2. The molecule has 0 atom stereocenters. The van der Waals surface area contributed by atoms with Gasteiger partial charge in [0.05, 0.1) is 34.3 Å². The van der Waals surface area contributed by atoms with E-state index < -0.39 is 0 Å². The van der Waals surface area contributed by atoms with E-state index in [0.717, 1.165) is 32.4 Å². The van der Waals surface area contributed by atoms with E-state index >= 15 is 0 Å². The average molecular weight is 424 g/mol. The minimum Gasteiger partial charge on any atom is -0.321 e. The number of fused-ring (bicyclic) bond motifs is 1. The van der Waals surface area contributed by atoms with Crippen LogP contribution in [0.2, 0.25) is 0 Å². The number of rotatable bonds is 6. The standard InChI is InChI=1S/C21H21N5OS2/c1-13(2)26-20-15(9-23-26)8-16(10-22-20)25-21(27)18-6-4-5-7-19(18)29-12-17-11-28-14(3)24-17/h4-11,13H,12H2,1-3H3,(H,25,27). The van der Waals surface area contributed by atoms with Crippen molar-refractivity contribution in [1.82, 2.24) is 19.7 Å². The molecule has 4 rings (SSSR count). The van der Waals surface area contributed by atoms with Gasteiger partial charge < -0.3 is 5.32 Å². The molecule has 0 aliphatic heterocycles. The molecule has 0 aliphatic carbocycles. The molecule has 1 N–H and O–H groups in total. The van der Waals surface area contributed by atoms with Gasteiger partial charge in [0.2, 0.25) is 0 Å². The van der Waals surface area contributed by atoms with E-state index in [9.17, 15) is 4.79 Å². The molecule has 0 radical (unpaired) electrons. The van der Waals surface area contributed by atoms with Crippen molar-refractivity contribution in [2.75, 3.05) is 5.32 Å². The second-order valence-electron chi connectivity index (χ2n) is 6.92. The number of pyridine rings is 1. The van der Waals surface area contributed by atoms with E-state index in [1.165, 1.54) is 0 Å². The first-order valence-electron chi connectivity index (χ1n) is 9.28. The topological polar surface area (TPSA) is 72.7 Å². The van der Waals surface area contributed by atoms with E-state index in [1.54, 1.807) is 35.5 Å². The van der Waals surface area contributed by atoms with Crippen molar-refractivity contribution in [3.63, 3.8) is 0 Å². The molecule has 3 heterocycles. The number of anilines is 1. The minimum absolute atomic E-state index is 0.153. The van der Waals surface area contributed by atoms with E-state index in [1.807, 2.05) is 41.9 Å². The molecule has 0 spiro atoms. The number of hydrogen-bond acceptors (Lipinski definition) is 6. The normalized spacial score (nSPS) is 11.3. The molecule has 29 heavy (non-hydrogen) atoms. The van der Waals surface area contributed by atoms with Gasteiger partial charge in [-0.25, -0.2) is 14.6 Å². The minimum atomic E-state index is -0.153. The molecule has 8 heteroatoms. The third-order valence-corrected chi connectivity index (χ3v) is 6.28.